The lowest BCUT2D eigenvalue weighted by molar-refractivity contribution is 0.174. The Hall–Kier alpha value is -2.43. The van der Waals surface area contributed by atoms with Crippen LogP contribution < -0.4 is 15.0 Å². The molecule has 2 heterocycles. The van der Waals surface area contributed by atoms with Crippen molar-refractivity contribution in [2.75, 3.05) is 6.79 Å². The number of benzene rings is 1. The number of nitrogens with one attached hydrogen (secondary N) is 1. The number of aromatic amines is 1. The zero-order chi connectivity index (χ0) is 14.3. The first kappa shape index (κ1) is 12.6. The van der Waals surface area contributed by atoms with Crippen LogP contribution in [0.1, 0.15) is 25.5 Å². The molecule has 3 rings (SSSR count). The van der Waals surface area contributed by atoms with Crippen LogP contribution in [-0.4, -0.2) is 16.9 Å². The van der Waals surface area contributed by atoms with Crippen molar-refractivity contribution in [3.63, 3.8) is 0 Å². The number of hydrogen-bond donors (Lipinski definition) is 2. The fourth-order valence-corrected chi connectivity index (χ4v) is 2.35. The molecule has 0 atom stereocenters. The quantitative estimate of drug-likeness (QED) is 0.882. The third-order valence-corrected chi connectivity index (χ3v) is 3.29. The van der Waals surface area contributed by atoms with Gasteiger partial charge in [0.25, 0.3) is 5.56 Å². The largest absolute Gasteiger partial charge is 0.507 e. The first-order valence-corrected chi connectivity index (χ1v) is 6.42. The second-order valence-corrected chi connectivity index (χ2v) is 5.03. The topological polar surface area (TPSA) is 71.6 Å². The van der Waals surface area contributed by atoms with E-state index < -0.39 is 0 Å². The number of pyridine rings is 1. The third kappa shape index (κ3) is 2.01. The third-order valence-electron chi connectivity index (χ3n) is 3.29. The molecule has 5 heteroatoms. The number of hydrogen-bond acceptors (Lipinski definition) is 4. The second kappa shape index (κ2) is 4.59. The van der Waals surface area contributed by atoms with E-state index in [1.54, 1.807) is 6.07 Å². The molecule has 0 radical (unpaired) electrons. The summed E-state index contributed by atoms with van der Waals surface area (Å²) in [4.78, 5) is 14.3. The van der Waals surface area contributed by atoms with Crippen LogP contribution in [0.15, 0.2) is 29.1 Å². The Kier molecular flexibility index (Phi) is 2.89. The second-order valence-electron chi connectivity index (χ2n) is 5.03. The molecule has 0 spiro atoms. The lowest BCUT2D eigenvalue weighted by Crippen LogP contribution is -2.10. The van der Waals surface area contributed by atoms with E-state index in [4.69, 9.17) is 9.47 Å². The van der Waals surface area contributed by atoms with E-state index in [0.29, 0.717) is 22.8 Å². The molecule has 1 aliphatic rings. The van der Waals surface area contributed by atoms with Gasteiger partial charge in [-0.05, 0) is 23.6 Å². The molecular formula is C15H15NO4. The molecule has 0 saturated heterocycles. The molecule has 0 saturated carbocycles. The Morgan fingerprint density at radius 2 is 1.95 bits per heavy atom. The first-order chi connectivity index (χ1) is 9.56. The first-order valence-electron chi connectivity index (χ1n) is 6.42. The number of aromatic hydroxyl groups is 1. The average Bonchev–Trinajstić information content (AvgIpc) is 2.84. The molecule has 2 N–H and O–H groups in total. The van der Waals surface area contributed by atoms with Gasteiger partial charge in [-0.1, -0.05) is 19.9 Å². The van der Waals surface area contributed by atoms with Crippen molar-refractivity contribution in [1.82, 2.24) is 4.98 Å². The lowest BCUT2D eigenvalue weighted by Gasteiger charge is -2.14. The lowest BCUT2D eigenvalue weighted by atomic mass is 9.96. The number of H-pyrrole nitrogens is 1. The van der Waals surface area contributed by atoms with Crippen molar-refractivity contribution in [2.24, 2.45) is 0 Å². The van der Waals surface area contributed by atoms with E-state index in [2.05, 4.69) is 4.98 Å². The summed E-state index contributed by atoms with van der Waals surface area (Å²) < 4.78 is 10.6. The van der Waals surface area contributed by atoms with Gasteiger partial charge < -0.3 is 19.6 Å². The number of aromatic nitrogens is 1. The highest BCUT2D eigenvalue weighted by atomic mass is 16.7. The summed E-state index contributed by atoms with van der Waals surface area (Å²) in [6.07, 6.45) is 0. The maximum absolute atomic E-state index is 11.5. The fourth-order valence-electron chi connectivity index (χ4n) is 2.35. The van der Waals surface area contributed by atoms with Gasteiger partial charge in [0.15, 0.2) is 11.5 Å². The van der Waals surface area contributed by atoms with Crippen LogP contribution >= 0.6 is 0 Å². The van der Waals surface area contributed by atoms with Crippen LogP contribution in [0.25, 0.3) is 11.1 Å². The van der Waals surface area contributed by atoms with Crippen molar-refractivity contribution in [2.45, 2.75) is 19.8 Å². The van der Waals surface area contributed by atoms with E-state index >= 15 is 0 Å². The Bertz CT molecular complexity index is 718. The molecule has 1 aliphatic heterocycles. The van der Waals surface area contributed by atoms with Gasteiger partial charge in [-0.3, -0.25) is 4.79 Å². The molecule has 0 unspecified atom stereocenters. The molecule has 0 aliphatic carbocycles. The minimum Gasteiger partial charge on any atom is -0.507 e. The van der Waals surface area contributed by atoms with Gasteiger partial charge in [-0.25, -0.2) is 0 Å². The minimum absolute atomic E-state index is 0.0312. The Labute approximate surface area is 115 Å². The van der Waals surface area contributed by atoms with E-state index in [-0.39, 0.29) is 24.0 Å². The van der Waals surface area contributed by atoms with Gasteiger partial charge in [0.05, 0.1) is 0 Å². The molecule has 104 valence electrons. The van der Waals surface area contributed by atoms with Gasteiger partial charge in [0.1, 0.15) is 5.75 Å². The standard InChI is InChI=1S/C15H15NO4/c1-8(2)15-14(10(17)6-13(18)16-15)9-3-4-11-12(5-9)20-7-19-11/h3-6,8H,7H2,1-2H3,(H2,16,17,18). The van der Waals surface area contributed by atoms with Gasteiger partial charge in [0, 0.05) is 17.3 Å². The highest BCUT2D eigenvalue weighted by molar-refractivity contribution is 5.75. The molecule has 5 nitrogen and oxygen atoms in total. The minimum atomic E-state index is -0.310. The highest BCUT2D eigenvalue weighted by Crippen LogP contribution is 2.40. The van der Waals surface area contributed by atoms with Crippen LogP contribution in [0.5, 0.6) is 17.2 Å². The van der Waals surface area contributed by atoms with Gasteiger partial charge >= 0.3 is 0 Å². The van der Waals surface area contributed by atoms with Gasteiger partial charge in [-0.15, -0.1) is 0 Å². The SMILES string of the molecule is CC(C)c1[nH]c(=O)cc(O)c1-c1ccc2c(c1)OCO2. The molecule has 1 aromatic heterocycles. The van der Waals surface area contributed by atoms with E-state index in [9.17, 15) is 9.90 Å². The zero-order valence-electron chi connectivity index (χ0n) is 11.3. The number of ether oxygens (including phenoxy) is 2. The van der Waals surface area contributed by atoms with Crippen molar-refractivity contribution in [3.8, 4) is 28.4 Å². The molecule has 20 heavy (non-hydrogen) atoms. The van der Waals surface area contributed by atoms with Crippen molar-refractivity contribution in [1.29, 1.82) is 0 Å². The molecular weight excluding hydrogens is 258 g/mol. The molecule has 1 aromatic carbocycles. The molecule has 2 aromatic rings. The van der Waals surface area contributed by atoms with Gasteiger partial charge in [0.2, 0.25) is 6.79 Å². The number of fused-ring (bicyclic) bond motifs is 1. The normalized spacial score (nSPS) is 12.9. The Balaban J connectivity index is 2.21. The maximum atomic E-state index is 11.5. The predicted molar refractivity (Wildman–Crippen MR) is 74.4 cm³/mol. The van der Waals surface area contributed by atoms with Crippen molar-refractivity contribution >= 4 is 0 Å². The van der Waals surface area contributed by atoms with Crippen LogP contribution in [-0.2, 0) is 0 Å². The summed E-state index contributed by atoms with van der Waals surface area (Å²) >= 11 is 0. The van der Waals surface area contributed by atoms with Crippen molar-refractivity contribution < 1.29 is 14.6 Å². The summed E-state index contributed by atoms with van der Waals surface area (Å²) in [5.74, 6) is 1.37. The molecule has 0 bridgehead atoms. The monoisotopic (exact) mass is 273 g/mol. The van der Waals surface area contributed by atoms with Crippen LogP contribution in [0.3, 0.4) is 0 Å². The van der Waals surface area contributed by atoms with Crippen LogP contribution in [0.2, 0.25) is 0 Å². The predicted octanol–water partition coefficient (Wildman–Crippen LogP) is 2.60. The highest BCUT2D eigenvalue weighted by Gasteiger charge is 2.19. The van der Waals surface area contributed by atoms with Crippen molar-refractivity contribution in [3.05, 3.63) is 40.3 Å². The van der Waals surface area contributed by atoms with Gasteiger partial charge in [-0.2, -0.15) is 0 Å². The summed E-state index contributed by atoms with van der Waals surface area (Å²) in [6, 6.07) is 6.63. The fraction of sp³-hybridized carbons (Fsp3) is 0.267. The van der Waals surface area contributed by atoms with E-state index in [0.717, 1.165) is 5.56 Å². The zero-order valence-corrected chi connectivity index (χ0v) is 11.3. The summed E-state index contributed by atoms with van der Waals surface area (Å²) in [5.41, 5.74) is 1.80. The Morgan fingerprint density at radius 3 is 2.70 bits per heavy atom. The average molecular weight is 273 g/mol. The molecule has 0 fully saturated rings. The molecule has 0 amide bonds. The van der Waals surface area contributed by atoms with E-state index in [1.165, 1.54) is 6.07 Å². The van der Waals surface area contributed by atoms with Crippen LogP contribution in [0, 0.1) is 0 Å². The summed E-state index contributed by atoms with van der Waals surface area (Å²) in [5, 5.41) is 10.1. The summed E-state index contributed by atoms with van der Waals surface area (Å²) in [6.45, 7) is 4.12. The smallest absolute Gasteiger partial charge is 0.251 e. The summed E-state index contributed by atoms with van der Waals surface area (Å²) in [7, 11) is 0. The number of rotatable bonds is 2. The maximum Gasteiger partial charge on any atom is 0.251 e. The van der Waals surface area contributed by atoms with Crippen LogP contribution in [0.4, 0.5) is 0 Å². The Morgan fingerprint density at radius 1 is 1.20 bits per heavy atom. The van der Waals surface area contributed by atoms with E-state index in [1.807, 2.05) is 26.0 Å².